The molecule has 0 saturated heterocycles. The third-order valence-electron chi connectivity index (χ3n) is 3.77. The van der Waals surface area contributed by atoms with Crippen molar-refractivity contribution < 1.29 is 19.5 Å². The molecular weight excluding hydrogens is 274 g/mol. The first-order chi connectivity index (χ1) is 9.73. The summed E-state index contributed by atoms with van der Waals surface area (Å²) in [6.07, 6.45) is 0. The fraction of sp³-hybridized carbons (Fsp3) is 0.357. The summed E-state index contributed by atoms with van der Waals surface area (Å²) < 4.78 is 0. The van der Waals surface area contributed by atoms with Crippen LogP contribution in [-0.4, -0.2) is 23.0 Å². The molecule has 1 aliphatic rings. The summed E-state index contributed by atoms with van der Waals surface area (Å²) in [4.78, 5) is 34.0. The number of benzene rings is 1. The van der Waals surface area contributed by atoms with Crippen LogP contribution in [0.4, 0.5) is 16.2 Å². The molecule has 1 saturated carbocycles. The fourth-order valence-electron chi connectivity index (χ4n) is 2.62. The van der Waals surface area contributed by atoms with Crippen molar-refractivity contribution in [1.82, 2.24) is 0 Å². The van der Waals surface area contributed by atoms with E-state index in [9.17, 15) is 14.4 Å². The summed E-state index contributed by atoms with van der Waals surface area (Å²) in [6, 6.07) is 5.77. The summed E-state index contributed by atoms with van der Waals surface area (Å²) in [5.41, 5.74) is 5.38. The SMILES string of the molecule is CC1(C)[C@H](C(=O)O)[C@@H]1C(=O)Nc1cccc(NC(N)=O)c1. The number of carboxylic acid groups (broad SMARTS) is 1. The number of carbonyl (C=O) groups excluding carboxylic acids is 2. The Bertz CT molecular complexity index is 612. The van der Waals surface area contributed by atoms with Crippen molar-refractivity contribution in [2.75, 3.05) is 10.6 Å². The lowest BCUT2D eigenvalue weighted by molar-refractivity contribution is -0.140. The lowest BCUT2D eigenvalue weighted by Crippen LogP contribution is -2.20. The van der Waals surface area contributed by atoms with E-state index >= 15 is 0 Å². The van der Waals surface area contributed by atoms with E-state index in [2.05, 4.69) is 10.6 Å². The van der Waals surface area contributed by atoms with Gasteiger partial charge in [-0.15, -0.1) is 0 Å². The van der Waals surface area contributed by atoms with E-state index in [0.717, 1.165) is 0 Å². The number of nitrogens with two attached hydrogens (primary N) is 1. The van der Waals surface area contributed by atoms with Gasteiger partial charge in [-0.1, -0.05) is 19.9 Å². The molecule has 2 rings (SSSR count). The van der Waals surface area contributed by atoms with E-state index in [4.69, 9.17) is 10.8 Å². The zero-order valence-corrected chi connectivity index (χ0v) is 11.7. The number of hydrogen-bond acceptors (Lipinski definition) is 3. The van der Waals surface area contributed by atoms with Crippen LogP contribution >= 0.6 is 0 Å². The first kappa shape index (κ1) is 14.8. The molecule has 1 aliphatic carbocycles. The first-order valence-corrected chi connectivity index (χ1v) is 6.43. The molecule has 0 aliphatic heterocycles. The molecule has 0 radical (unpaired) electrons. The highest BCUT2D eigenvalue weighted by molar-refractivity contribution is 6.00. The average molecular weight is 291 g/mol. The Hall–Kier alpha value is -2.57. The standard InChI is InChI=1S/C14H17N3O4/c1-14(2)9(10(14)12(19)20)11(18)16-7-4-3-5-8(6-7)17-13(15)21/h3-6,9-10H,1-2H3,(H,16,18)(H,19,20)(H3,15,17,21)/t9-,10+/m1/s1. The fourth-order valence-corrected chi connectivity index (χ4v) is 2.62. The molecule has 2 atom stereocenters. The maximum atomic E-state index is 12.2. The number of urea groups is 1. The number of hydrogen-bond donors (Lipinski definition) is 4. The smallest absolute Gasteiger partial charge is 0.316 e. The van der Waals surface area contributed by atoms with Gasteiger partial charge < -0.3 is 21.5 Å². The number of aliphatic carboxylic acids is 1. The molecule has 0 bridgehead atoms. The first-order valence-electron chi connectivity index (χ1n) is 6.43. The normalized spacial score (nSPS) is 22.2. The molecule has 7 nitrogen and oxygen atoms in total. The van der Waals surface area contributed by atoms with Crippen molar-refractivity contribution in [1.29, 1.82) is 0 Å². The lowest BCUT2D eigenvalue weighted by atomic mass is 10.1. The van der Waals surface area contributed by atoms with Crippen LogP contribution < -0.4 is 16.4 Å². The van der Waals surface area contributed by atoms with E-state index in [1.165, 1.54) is 0 Å². The van der Waals surface area contributed by atoms with Crippen LogP contribution in [0.3, 0.4) is 0 Å². The molecule has 0 heterocycles. The Morgan fingerprint density at radius 3 is 2.19 bits per heavy atom. The Balaban J connectivity index is 2.07. The summed E-state index contributed by atoms with van der Waals surface area (Å²) >= 11 is 0. The third-order valence-corrected chi connectivity index (χ3v) is 3.77. The summed E-state index contributed by atoms with van der Waals surface area (Å²) in [7, 11) is 0. The average Bonchev–Trinajstić information content (AvgIpc) is 2.92. The van der Waals surface area contributed by atoms with Crippen LogP contribution in [0.15, 0.2) is 24.3 Å². The molecule has 1 aromatic rings. The topological polar surface area (TPSA) is 122 Å². The van der Waals surface area contributed by atoms with E-state index in [0.29, 0.717) is 11.4 Å². The molecular formula is C14H17N3O4. The maximum Gasteiger partial charge on any atom is 0.316 e. The minimum atomic E-state index is -0.968. The lowest BCUT2D eigenvalue weighted by Gasteiger charge is -2.08. The highest BCUT2D eigenvalue weighted by Gasteiger charge is 2.65. The molecule has 0 aromatic heterocycles. The Morgan fingerprint density at radius 2 is 1.71 bits per heavy atom. The number of rotatable bonds is 4. The predicted molar refractivity (Wildman–Crippen MR) is 76.7 cm³/mol. The number of nitrogens with one attached hydrogen (secondary N) is 2. The second kappa shape index (κ2) is 5.08. The van der Waals surface area contributed by atoms with Crippen LogP contribution in [0.2, 0.25) is 0 Å². The van der Waals surface area contributed by atoms with Crippen molar-refractivity contribution in [3.05, 3.63) is 24.3 Å². The van der Waals surface area contributed by atoms with Gasteiger partial charge in [0.2, 0.25) is 5.91 Å². The van der Waals surface area contributed by atoms with Gasteiger partial charge in [0.15, 0.2) is 0 Å². The second-order valence-electron chi connectivity index (χ2n) is 5.67. The Morgan fingerprint density at radius 1 is 1.14 bits per heavy atom. The van der Waals surface area contributed by atoms with Crippen molar-refractivity contribution in [2.24, 2.45) is 23.0 Å². The van der Waals surface area contributed by atoms with Crippen LogP contribution in [0, 0.1) is 17.3 Å². The third kappa shape index (κ3) is 2.96. The minimum absolute atomic E-state index is 0.344. The van der Waals surface area contributed by atoms with Gasteiger partial charge in [-0.3, -0.25) is 9.59 Å². The highest BCUT2D eigenvalue weighted by Crippen LogP contribution is 2.58. The minimum Gasteiger partial charge on any atom is -0.481 e. The zero-order valence-electron chi connectivity index (χ0n) is 11.7. The van der Waals surface area contributed by atoms with Crippen molar-refractivity contribution in [3.8, 4) is 0 Å². The van der Waals surface area contributed by atoms with Crippen molar-refractivity contribution in [2.45, 2.75) is 13.8 Å². The van der Waals surface area contributed by atoms with E-state index in [1.54, 1.807) is 38.1 Å². The maximum absolute atomic E-state index is 12.2. The van der Waals surface area contributed by atoms with Gasteiger partial charge in [0.05, 0.1) is 11.8 Å². The van der Waals surface area contributed by atoms with Crippen LogP contribution in [0.25, 0.3) is 0 Å². The highest BCUT2D eigenvalue weighted by atomic mass is 16.4. The molecule has 0 spiro atoms. The second-order valence-corrected chi connectivity index (χ2v) is 5.67. The van der Waals surface area contributed by atoms with Gasteiger partial charge in [-0.25, -0.2) is 4.79 Å². The number of carbonyl (C=O) groups is 3. The molecule has 1 aromatic carbocycles. The van der Waals surface area contributed by atoms with E-state index in [-0.39, 0.29) is 5.91 Å². The molecule has 5 N–H and O–H groups in total. The number of carboxylic acids is 1. The summed E-state index contributed by atoms with van der Waals surface area (Å²) in [6.45, 7) is 3.50. The van der Waals surface area contributed by atoms with Crippen LogP contribution in [-0.2, 0) is 9.59 Å². The van der Waals surface area contributed by atoms with Gasteiger partial charge in [0, 0.05) is 11.4 Å². The van der Waals surface area contributed by atoms with Gasteiger partial charge in [0.1, 0.15) is 0 Å². The summed E-state index contributed by atoms with van der Waals surface area (Å²) in [5, 5.41) is 14.1. The number of amides is 3. The molecule has 7 heteroatoms. The van der Waals surface area contributed by atoms with Gasteiger partial charge >= 0.3 is 12.0 Å². The molecule has 3 amide bonds. The number of primary amides is 1. The van der Waals surface area contributed by atoms with Gasteiger partial charge in [-0.05, 0) is 23.6 Å². The molecule has 1 fully saturated rings. The Kier molecular flexibility index (Phi) is 3.59. The molecule has 112 valence electrons. The van der Waals surface area contributed by atoms with Gasteiger partial charge in [0.25, 0.3) is 0 Å². The van der Waals surface area contributed by atoms with E-state index in [1.807, 2.05) is 0 Å². The van der Waals surface area contributed by atoms with Gasteiger partial charge in [-0.2, -0.15) is 0 Å². The van der Waals surface area contributed by atoms with Crippen LogP contribution in [0.1, 0.15) is 13.8 Å². The number of anilines is 2. The van der Waals surface area contributed by atoms with Crippen LogP contribution in [0.5, 0.6) is 0 Å². The quantitative estimate of drug-likeness (QED) is 0.671. The van der Waals surface area contributed by atoms with Crippen molar-refractivity contribution in [3.63, 3.8) is 0 Å². The monoisotopic (exact) mass is 291 g/mol. The largest absolute Gasteiger partial charge is 0.481 e. The molecule has 21 heavy (non-hydrogen) atoms. The van der Waals surface area contributed by atoms with E-state index < -0.39 is 29.3 Å². The van der Waals surface area contributed by atoms with Crippen molar-refractivity contribution >= 4 is 29.3 Å². The Labute approximate surface area is 121 Å². The summed E-state index contributed by atoms with van der Waals surface area (Å²) in [5.74, 6) is -2.56. The predicted octanol–water partition coefficient (Wildman–Crippen LogP) is 1.47. The zero-order chi connectivity index (χ0) is 15.8. The molecule has 0 unspecified atom stereocenters.